The quantitative estimate of drug-likeness (QED) is 0.667. The molecule has 130 valence electrons. The molecule has 0 fully saturated rings. The SMILES string of the molecule is Cc1ccc(N[C@H]2c3ncccc3C(=O)N2Cc2ccccc2)c(Br)c1. The van der Waals surface area contributed by atoms with E-state index in [4.69, 9.17) is 0 Å². The van der Waals surface area contributed by atoms with E-state index in [1.54, 1.807) is 6.20 Å². The van der Waals surface area contributed by atoms with Crippen LogP contribution in [-0.4, -0.2) is 15.8 Å². The predicted molar refractivity (Wildman–Crippen MR) is 106 cm³/mol. The van der Waals surface area contributed by atoms with Crippen molar-refractivity contribution in [3.8, 4) is 0 Å². The molecule has 26 heavy (non-hydrogen) atoms. The van der Waals surface area contributed by atoms with E-state index >= 15 is 0 Å². The summed E-state index contributed by atoms with van der Waals surface area (Å²) in [5.41, 5.74) is 4.61. The van der Waals surface area contributed by atoms with Gasteiger partial charge in [-0.3, -0.25) is 9.78 Å². The van der Waals surface area contributed by atoms with Crippen molar-refractivity contribution in [3.63, 3.8) is 0 Å². The normalized spacial score (nSPS) is 15.8. The van der Waals surface area contributed by atoms with E-state index in [0.29, 0.717) is 12.1 Å². The van der Waals surface area contributed by atoms with Crippen LogP contribution in [0.1, 0.15) is 33.3 Å². The van der Waals surface area contributed by atoms with Crippen LogP contribution < -0.4 is 5.32 Å². The van der Waals surface area contributed by atoms with E-state index in [-0.39, 0.29) is 12.1 Å². The summed E-state index contributed by atoms with van der Waals surface area (Å²) >= 11 is 3.61. The van der Waals surface area contributed by atoms with Gasteiger partial charge in [0.25, 0.3) is 5.91 Å². The van der Waals surface area contributed by atoms with Crippen LogP contribution in [0.5, 0.6) is 0 Å². The standard InChI is InChI=1S/C21H18BrN3O/c1-14-9-10-18(17(22)12-14)24-20-19-16(8-5-11-23-19)21(26)25(20)13-15-6-3-2-4-7-15/h2-12,20,24H,13H2,1H3/t20-/m1/s1. The van der Waals surface area contributed by atoms with Gasteiger partial charge in [0.2, 0.25) is 0 Å². The number of nitrogens with one attached hydrogen (secondary N) is 1. The number of aryl methyl sites for hydroxylation is 1. The van der Waals surface area contributed by atoms with Crippen molar-refractivity contribution in [2.45, 2.75) is 19.6 Å². The van der Waals surface area contributed by atoms with Gasteiger partial charge in [0.05, 0.1) is 16.9 Å². The molecule has 0 radical (unpaired) electrons. The summed E-state index contributed by atoms with van der Waals surface area (Å²) < 4.78 is 0.967. The maximum absolute atomic E-state index is 13.0. The van der Waals surface area contributed by atoms with E-state index in [1.807, 2.05) is 66.4 Å². The summed E-state index contributed by atoms with van der Waals surface area (Å²) in [4.78, 5) is 19.3. The highest BCUT2D eigenvalue weighted by Crippen LogP contribution is 2.36. The van der Waals surface area contributed by atoms with E-state index in [9.17, 15) is 4.79 Å². The monoisotopic (exact) mass is 407 g/mol. The molecular formula is C21H18BrN3O. The van der Waals surface area contributed by atoms with Gasteiger partial charge in [0, 0.05) is 17.2 Å². The maximum atomic E-state index is 13.0. The van der Waals surface area contributed by atoms with Crippen LogP contribution in [0.25, 0.3) is 0 Å². The average Bonchev–Trinajstić information content (AvgIpc) is 2.91. The average molecular weight is 408 g/mol. The molecule has 0 aliphatic carbocycles. The maximum Gasteiger partial charge on any atom is 0.258 e. The van der Waals surface area contributed by atoms with Gasteiger partial charge in [-0.2, -0.15) is 0 Å². The molecule has 2 aromatic carbocycles. The van der Waals surface area contributed by atoms with E-state index in [1.165, 1.54) is 5.56 Å². The van der Waals surface area contributed by atoms with Crippen LogP contribution in [-0.2, 0) is 6.54 Å². The summed E-state index contributed by atoms with van der Waals surface area (Å²) in [5, 5.41) is 3.49. The van der Waals surface area contributed by atoms with Crippen molar-refractivity contribution in [1.82, 2.24) is 9.88 Å². The number of benzene rings is 2. The molecule has 1 aromatic heterocycles. The van der Waals surface area contributed by atoms with E-state index < -0.39 is 0 Å². The van der Waals surface area contributed by atoms with Crippen LogP contribution in [0.2, 0.25) is 0 Å². The molecule has 0 spiro atoms. The molecule has 0 saturated heterocycles. The highest BCUT2D eigenvalue weighted by atomic mass is 79.9. The number of hydrogen-bond donors (Lipinski definition) is 1. The smallest absolute Gasteiger partial charge is 0.258 e. The van der Waals surface area contributed by atoms with Crippen molar-refractivity contribution < 1.29 is 4.79 Å². The lowest BCUT2D eigenvalue weighted by molar-refractivity contribution is 0.0727. The molecule has 5 heteroatoms. The second-order valence-corrected chi connectivity index (χ2v) is 7.24. The minimum absolute atomic E-state index is 0.00214. The second-order valence-electron chi connectivity index (χ2n) is 6.39. The molecule has 0 bridgehead atoms. The van der Waals surface area contributed by atoms with Gasteiger partial charge in [-0.1, -0.05) is 36.4 Å². The predicted octanol–water partition coefficient (Wildman–Crippen LogP) is 4.92. The number of nitrogens with zero attached hydrogens (tertiary/aromatic N) is 2. The molecule has 1 amide bonds. The third-order valence-corrected chi connectivity index (χ3v) is 5.17. The zero-order valence-corrected chi connectivity index (χ0v) is 15.9. The fraction of sp³-hybridized carbons (Fsp3) is 0.143. The van der Waals surface area contributed by atoms with Crippen molar-refractivity contribution >= 4 is 27.5 Å². The highest BCUT2D eigenvalue weighted by Gasteiger charge is 2.38. The first-order chi connectivity index (χ1) is 12.6. The van der Waals surface area contributed by atoms with Crippen LogP contribution >= 0.6 is 15.9 Å². The number of carbonyl (C=O) groups excluding carboxylic acids is 1. The largest absolute Gasteiger partial charge is 0.359 e. The first kappa shape index (κ1) is 16.8. The molecule has 4 rings (SSSR count). The Morgan fingerprint density at radius 1 is 1.12 bits per heavy atom. The summed E-state index contributed by atoms with van der Waals surface area (Å²) in [7, 11) is 0. The molecule has 0 unspecified atom stereocenters. The first-order valence-electron chi connectivity index (χ1n) is 8.46. The molecule has 2 heterocycles. The Morgan fingerprint density at radius 3 is 2.69 bits per heavy atom. The van der Waals surface area contributed by atoms with Gasteiger partial charge in [0.1, 0.15) is 6.17 Å². The summed E-state index contributed by atoms with van der Waals surface area (Å²) in [6.07, 6.45) is 1.43. The minimum Gasteiger partial charge on any atom is -0.359 e. The van der Waals surface area contributed by atoms with Gasteiger partial charge in [0.15, 0.2) is 0 Å². The summed E-state index contributed by atoms with van der Waals surface area (Å²) in [5.74, 6) is -0.00214. The van der Waals surface area contributed by atoms with Gasteiger partial charge in [-0.25, -0.2) is 0 Å². The van der Waals surface area contributed by atoms with E-state index in [2.05, 4.69) is 32.3 Å². The van der Waals surface area contributed by atoms with Crippen LogP contribution in [0.4, 0.5) is 5.69 Å². The number of rotatable bonds is 4. The fourth-order valence-corrected chi connectivity index (χ4v) is 3.82. The Hall–Kier alpha value is -2.66. The highest BCUT2D eigenvalue weighted by molar-refractivity contribution is 9.10. The molecule has 1 N–H and O–H groups in total. The number of amides is 1. The number of carbonyl (C=O) groups is 1. The summed E-state index contributed by atoms with van der Waals surface area (Å²) in [6, 6.07) is 19.8. The molecule has 1 aliphatic rings. The molecule has 1 aliphatic heterocycles. The lowest BCUT2D eigenvalue weighted by atomic mass is 10.2. The summed E-state index contributed by atoms with van der Waals surface area (Å²) in [6.45, 7) is 2.57. The molecule has 3 aromatic rings. The Kier molecular flexibility index (Phi) is 4.47. The van der Waals surface area contributed by atoms with E-state index in [0.717, 1.165) is 21.4 Å². The Balaban J connectivity index is 1.71. The van der Waals surface area contributed by atoms with Crippen LogP contribution in [0, 0.1) is 6.92 Å². The number of aromatic nitrogens is 1. The van der Waals surface area contributed by atoms with Crippen molar-refractivity contribution in [1.29, 1.82) is 0 Å². The molecular weight excluding hydrogens is 390 g/mol. The minimum atomic E-state index is -0.307. The zero-order chi connectivity index (χ0) is 18.1. The Bertz CT molecular complexity index is 958. The Morgan fingerprint density at radius 2 is 1.92 bits per heavy atom. The van der Waals surface area contributed by atoms with Gasteiger partial charge in [-0.05, 0) is 58.2 Å². The number of hydrogen-bond acceptors (Lipinski definition) is 3. The number of anilines is 1. The number of halogens is 1. The lowest BCUT2D eigenvalue weighted by Crippen LogP contribution is -2.32. The number of fused-ring (bicyclic) bond motifs is 1. The fourth-order valence-electron chi connectivity index (χ4n) is 3.21. The molecule has 0 saturated carbocycles. The third kappa shape index (κ3) is 3.10. The van der Waals surface area contributed by atoms with Crippen molar-refractivity contribution in [2.24, 2.45) is 0 Å². The van der Waals surface area contributed by atoms with Gasteiger partial charge in [-0.15, -0.1) is 0 Å². The second kappa shape index (κ2) is 6.92. The Labute approximate surface area is 161 Å². The third-order valence-electron chi connectivity index (χ3n) is 4.51. The molecule has 4 nitrogen and oxygen atoms in total. The zero-order valence-electron chi connectivity index (χ0n) is 14.3. The van der Waals surface area contributed by atoms with Crippen molar-refractivity contribution in [3.05, 3.63) is 93.7 Å². The lowest BCUT2D eigenvalue weighted by Gasteiger charge is -2.27. The molecule has 1 atom stereocenters. The van der Waals surface area contributed by atoms with Crippen molar-refractivity contribution in [2.75, 3.05) is 5.32 Å². The first-order valence-corrected chi connectivity index (χ1v) is 9.25. The van der Waals surface area contributed by atoms with Crippen LogP contribution in [0.15, 0.2) is 71.3 Å². The van der Waals surface area contributed by atoms with Gasteiger partial charge < -0.3 is 10.2 Å². The topological polar surface area (TPSA) is 45.2 Å². The van der Waals surface area contributed by atoms with Crippen LogP contribution in [0.3, 0.4) is 0 Å². The number of pyridine rings is 1. The van der Waals surface area contributed by atoms with Gasteiger partial charge >= 0.3 is 0 Å².